The first-order chi connectivity index (χ1) is 11.5. The monoisotopic (exact) mass is 328 g/mol. The summed E-state index contributed by atoms with van der Waals surface area (Å²) >= 11 is 0. The van der Waals surface area contributed by atoms with Crippen molar-refractivity contribution in [3.05, 3.63) is 69.3 Å². The largest absolute Gasteiger partial charge is 0.497 e. The van der Waals surface area contributed by atoms with E-state index in [0.717, 1.165) is 24.2 Å². The molecule has 0 aliphatic carbocycles. The van der Waals surface area contributed by atoms with Gasteiger partial charge in [-0.25, -0.2) is 0 Å². The van der Waals surface area contributed by atoms with E-state index in [4.69, 9.17) is 4.74 Å². The van der Waals surface area contributed by atoms with E-state index < -0.39 is 4.92 Å². The van der Waals surface area contributed by atoms with Crippen LogP contribution in [0, 0.1) is 17.0 Å². The van der Waals surface area contributed by atoms with Gasteiger partial charge in [-0.05, 0) is 43.5 Å². The molecule has 6 nitrogen and oxygen atoms in total. The molecular weight excluding hydrogens is 308 g/mol. The Labute approximate surface area is 140 Å². The number of methoxy groups -OCH3 is 1. The van der Waals surface area contributed by atoms with Crippen LogP contribution in [0.15, 0.2) is 42.5 Å². The van der Waals surface area contributed by atoms with Crippen LogP contribution >= 0.6 is 0 Å². The molecule has 6 heteroatoms. The molecule has 0 saturated heterocycles. The minimum atomic E-state index is -0.476. The van der Waals surface area contributed by atoms with Gasteiger partial charge in [0.05, 0.1) is 12.0 Å². The highest BCUT2D eigenvalue weighted by Crippen LogP contribution is 2.19. The number of hydrogen-bond donors (Lipinski definition) is 1. The third kappa shape index (κ3) is 4.55. The van der Waals surface area contributed by atoms with Crippen molar-refractivity contribution in [2.24, 2.45) is 0 Å². The number of nitrogens with zero attached hydrogens (tertiary/aromatic N) is 1. The minimum absolute atomic E-state index is 0.0408. The predicted molar refractivity (Wildman–Crippen MR) is 91.5 cm³/mol. The van der Waals surface area contributed by atoms with Gasteiger partial charge in [0.2, 0.25) is 0 Å². The van der Waals surface area contributed by atoms with Crippen LogP contribution in [0.4, 0.5) is 5.69 Å². The summed E-state index contributed by atoms with van der Waals surface area (Å²) in [5.74, 6) is 0.515. The quantitative estimate of drug-likeness (QED) is 0.480. The first kappa shape index (κ1) is 17.5. The van der Waals surface area contributed by atoms with Crippen molar-refractivity contribution in [2.75, 3.05) is 13.7 Å². The van der Waals surface area contributed by atoms with Gasteiger partial charge in [-0.15, -0.1) is 0 Å². The maximum Gasteiger partial charge on any atom is 0.273 e. The number of aryl methyl sites for hydroxylation is 2. The van der Waals surface area contributed by atoms with Gasteiger partial charge in [-0.2, -0.15) is 0 Å². The SMILES string of the molecule is COc1ccc(CCCNC(=O)c2ccc(C)c([N+](=O)[O-])c2)cc1. The lowest BCUT2D eigenvalue weighted by Crippen LogP contribution is -2.24. The van der Waals surface area contributed by atoms with Crippen LogP contribution < -0.4 is 10.1 Å². The molecular formula is C18H20N2O4. The van der Waals surface area contributed by atoms with Gasteiger partial charge in [0.1, 0.15) is 5.75 Å². The Balaban J connectivity index is 1.84. The number of nitro benzene ring substituents is 1. The third-order valence-corrected chi connectivity index (χ3v) is 3.75. The molecule has 0 atom stereocenters. The fourth-order valence-electron chi connectivity index (χ4n) is 2.34. The number of amides is 1. The second-order valence-corrected chi connectivity index (χ2v) is 5.47. The molecule has 0 aliphatic heterocycles. The lowest BCUT2D eigenvalue weighted by atomic mass is 10.1. The smallest absolute Gasteiger partial charge is 0.273 e. The Bertz CT molecular complexity index is 726. The summed E-state index contributed by atoms with van der Waals surface area (Å²) < 4.78 is 5.11. The number of carbonyl (C=O) groups is 1. The second kappa shape index (κ2) is 8.10. The van der Waals surface area contributed by atoms with Crippen LogP contribution in [0.5, 0.6) is 5.75 Å². The van der Waals surface area contributed by atoms with Crippen molar-refractivity contribution in [1.29, 1.82) is 0 Å². The van der Waals surface area contributed by atoms with E-state index in [1.807, 2.05) is 24.3 Å². The maximum absolute atomic E-state index is 12.1. The molecule has 0 radical (unpaired) electrons. The summed E-state index contributed by atoms with van der Waals surface area (Å²) in [6, 6.07) is 12.3. The fraction of sp³-hybridized carbons (Fsp3) is 0.278. The van der Waals surface area contributed by atoms with Crippen LogP contribution in [0.1, 0.15) is 27.9 Å². The summed E-state index contributed by atoms with van der Waals surface area (Å²) in [6.45, 7) is 2.15. The molecule has 1 N–H and O–H groups in total. The molecule has 1 amide bonds. The van der Waals surface area contributed by atoms with Gasteiger partial charge in [-0.3, -0.25) is 14.9 Å². The molecule has 0 aromatic heterocycles. The summed E-state index contributed by atoms with van der Waals surface area (Å²) in [7, 11) is 1.62. The number of rotatable bonds is 7. The molecule has 0 saturated carbocycles. The zero-order chi connectivity index (χ0) is 17.5. The van der Waals surface area contributed by atoms with E-state index in [1.54, 1.807) is 26.2 Å². The highest BCUT2D eigenvalue weighted by molar-refractivity contribution is 5.94. The fourth-order valence-corrected chi connectivity index (χ4v) is 2.34. The number of benzene rings is 2. The standard InChI is InChI=1S/C18H20N2O4/c1-13-5-8-15(12-17(13)20(22)23)18(21)19-11-3-4-14-6-9-16(24-2)10-7-14/h5-10,12H,3-4,11H2,1-2H3,(H,19,21). The molecule has 126 valence electrons. The molecule has 2 aromatic carbocycles. The van der Waals surface area contributed by atoms with Gasteiger partial charge in [0, 0.05) is 23.7 Å². The van der Waals surface area contributed by atoms with Crippen molar-refractivity contribution in [2.45, 2.75) is 19.8 Å². The highest BCUT2D eigenvalue weighted by Gasteiger charge is 2.14. The van der Waals surface area contributed by atoms with E-state index in [-0.39, 0.29) is 11.6 Å². The number of ether oxygens (including phenoxy) is 1. The van der Waals surface area contributed by atoms with E-state index in [1.165, 1.54) is 6.07 Å². The van der Waals surface area contributed by atoms with Gasteiger partial charge >= 0.3 is 0 Å². The summed E-state index contributed by atoms with van der Waals surface area (Å²) in [5, 5.41) is 13.7. The van der Waals surface area contributed by atoms with E-state index in [9.17, 15) is 14.9 Å². The Morgan fingerprint density at radius 2 is 1.92 bits per heavy atom. The van der Waals surface area contributed by atoms with Gasteiger partial charge in [0.25, 0.3) is 11.6 Å². The molecule has 2 aromatic rings. The average Bonchev–Trinajstić information content (AvgIpc) is 2.59. The molecule has 0 heterocycles. The first-order valence-electron chi connectivity index (χ1n) is 7.67. The lowest BCUT2D eigenvalue weighted by molar-refractivity contribution is -0.385. The Hall–Kier alpha value is -2.89. The van der Waals surface area contributed by atoms with Crippen LogP contribution in [0.2, 0.25) is 0 Å². The van der Waals surface area contributed by atoms with Crippen molar-refractivity contribution >= 4 is 11.6 Å². The van der Waals surface area contributed by atoms with Gasteiger partial charge < -0.3 is 10.1 Å². The molecule has 0 spiro atoms. The lowest BCUT2D eigenvalue weighted by Gasteiger charge is -2.07. The van der Waals surface area contributed by atoms with Gasteiger partial charge in [0.15, 0.2) is 0 Å². The normalized spacial score (nSPS) is 10.2. The molecule has 24 heavy (non-hydrogen) atoms. The maximum atomic E-state index is 12.1. The molecule has 0 aliphatic rings. The Morgan fingerprint density at radius 1 is 1.21 bits per heavy atom. The third-order valence-electron chi connectivity index (χ3n) is 3.75. The first-order valence-corrected chi connectivity index (χ1v) is 7.67. The summed E-state index contributed by atoms with van der Waals surface area (Å²) in [6.07, 6.45) is 1.62. The van der Waals surface area contributed by atoms with Crippen molar-refractivity contribution in [1.82, 2.24) is 5.32 Å². The molecule has 0 fully saturated rings. The number of nitrogens with one attached hydrogen (secondary N) is 1. The number of nitro groups is 1. The highest BCUT2D eigenvalue weighted by atomic mass is 16.6. The Morgan fingerprint density at radius 3 is 2.54 bits per heavy atom. The van der Waals surface area contributed by atoms with Gasteiger partial charge in [-0.1, -0.05) is 18.2 Å². The van der Waals surface area contributed by atoms with E-state index in [2.05, 4.69) is 5.32 Å². The molecule has 2 rings (SSSR count). The average molecular weight is 328 g/mol. The zero-order valence-corrected chi connectivity index (χ0v) is 13.7. The summed E-state index contributed by atoms with van der Waals surface area (Å²) in [4.78, 5) is 22.5. The van der Waals surface area contributed by atoms with Crippen LogP contribution in [0.25, 0.3) is 0 Å². The van der Waals surface area contributed by atoms with Crippen molar-refractivity contribution in [3.8, 4) is 5.75 Å². The van der Waals surface area contributed by atoms with Crippen molar-refractivity contribution in [3.63, 3.8) is 0 Å². The topological polar surface area (TPSA) is 81.5 Å². The van der Waals surface area contributed by atoms with E-state index in [0.29, 0.717) is 17.7 Å². The predicted octanol–water partition coefficient (Wildman–Crippen LogP) is 3.27. The zero-order valence-electron chi connectivity index (χ0n) is 13.7. The van der Waals surface area contributed by atoms with Crippen LogP contribution in [-0.4, -0.2) is 24.5 Å². The number of carbonyl (C=O) groups excluding carboxylic acids is 1. The molecule has 0 bridgehead atoms. The second-order valence-electron chi connectivity index (χ2n) is 5.47. The minimum Gasteiger partial charge on any atom is -0.497 e. The van der Waals surface area contributed by atoms with Crippen molar-refractivity contribution < 1.29 is 14.5 Å². The Kier molecular flexibility index (Phi) is 5.89. The van der Waals surface area contributed by atoms with Crippen LogP contribution in [-0.2, 0) is 6.42 Å². The summed E-state index contributed by atoms with van der Waals surface area (Å²) in [5.41, 5.74) is 1.96. The van der Waals surface area contributed by atoms with Crippen LogP contribution in [0.3, 0.4) is 0 Å². The number of hydrogen-bond acceptors (Lipinski definition) is 4. The molecule has 0 unspecified atom stereocenters. The van der Waals surface area contributed by atoms with E-state index >= 15 is 0 Å².